The van der Waals surface area contributed by atoms with Crippen LogP contribution in [0.4, 0.5) is 0 Å². The van der Waals surface area contributed by atoms with Crippen molar-refractivity contribution in [2.24, 2.45) is 0 Å². The Morgan fingerprint density at radius 1 is 0.746 bits per heavy atom. The van der Waals surface area contributed by atoms with Gasteiger partial charge in [0.25, 0.3) is 0 Å². The predicted octanol–water partition coefficient (Wildman–Crippen LogP) is 16.7. The van der Waals surface area contributed by atoms with E-state index in [9.17, 15) is 0 Å². The number of para-hydroxylation sites is 2. The van der Waals surface area contributed by atoms with Crippen molar-refractivity contribution in [2.75, 3.05) is 0 Å². The topological polar surface area (TPSA) is 18.1 Å². The van der Waals surface area contributed by atoms with Gasteiger partial charge < -0.3 is 8.98 Å². The Morgan fingerprint density at radius 2 is 1.59 bits per heavy atom. The van der Waals surface area contributed by atoms with Gasteiger partial charge in [-0.2, -0.15) is 0 Å². The first kappa shape index (κ1) is 39.0. The van der Waals surface area contributed by atoms with Crippen molar-refractivity contribution in [1.82, 2.24) is 4.57 Å². The molecule has 0 radical (unpaired) electrons. The number of aromatic nitrogens is 1. The third-order valence-corrected chi connectivity index (χ3v) is 14.5. The van der Waals surface area contributed by atoms with E-state index in [1.807, 2.05) is 36.5 Å². The Hall–Kier alpha value is -6.86. The summed E-state index contributed by atoms with van der Waals surface area (Å²) in [7, 11) is 0. The number of benzene rings is 6. The second-order valence-electron chi connectivity index (χ2n) is 17.8. The number of fused-ring (bicyclic) bond motifs is 11. The highest BCUT2D eigenvalue weighted by Gasteiger charge is 2.37. The van der Waals surface area contributed by atoms with Crippen LogP contribution in [0, 0.1) is 6.92 Å². The summed E-state index contributed by atoms with van der Waals surface area (Å²) < 4.78 is 10.5. The van der Waals surface area contributed by atoms with Crippen molar-refractivity contribution < 1.29 is 4.42 Å². The summed E-state index contributed by atoms with van der Waals surface area (Å²) in [6.07, 6.45) is 15.1. The van der Waals surface area contributed by atoms with Crippen LogP contribution < -0.4 is 0 Å². The number of thiophene rings is 1. The van der Waals surface area contributed by atoms with Gasteiger partial charge in [-0.25, -0.2) is 0 Å². The molecule has 2 nitrogen and oxygen atoms in total. The Balaban J connectivity index is 0.000000293. The molecular formula is C60H49NOS. The van der Waals surface area contributed by atoms with Crippen molar-refractivity contribution in [2.45, 2.75) is 65.7 Å². The van der Waals surface area contributed by atoms with Gasteiger partial charge in [-0.15, -0.1) is 11.3 Å². The quantitative estimate of drug-likeness (QED) is 0.121. The van der Waals surface area contributed by atoms with Crippen LogP contribution in [0.3, 0.4) is 0 Å². The minimum Gasteiger partial charge on any atom is -0.455 e. The van der Waals surface area contributed by atoms with Gasteiger partial charge in [0.15, 0.2) is 0 Å². The maximum absolute atomic E-state index is 6.50. The molecule has 0 atom stereocenters. The van der Waals surface area contributed by atoms with Gasteiger partial charge in [-0.3, -0.25) is 0 Å². The standard InChI is InChI=1S/C47H39NOS.C13H10/c1-5-6-7-11-30-27-50-46-33(30)20-21-39-44(46)36-19-18-31(26-40(36)47(39,3)4)48-41-22-16-28(2)24-37(41)38-25-29(17-23-42(38)48)32-13-10-14-35-34-12-8-9-15-43(34)49-45(32)35;1-11-7-9-13(10-8-11)12-5-3-2-4-6-12/h5-6,8-10,12-16,18-22,24-27H,7,11,17,23H2,1-4H3;2-7,9H,1H3/b6-5-;. The first-order valence-electron chi connectivity index (χ1n) is 22.3. The molecule has 3 aliphatic rings. The lowest BCUT2D eigenvalue weighted by atomic mass is 9.82. The van der Waals surface area contributed by atoms with Crippen molar-refractivity contribution in [3.05, 3.63) is 213 Å². The molecule has 0 unspecified atom stereocenters. The number of nitrogens with zero attached hydrogens (tertiary/aromatic N) is 1. The largest absolute Gasteiger partial charge is 0.455 e. The summed E-state index contributed by atoms with van der Waals surface area (Å²) in [4.78, 5) is 0. The smallest absolute Gasteiger partial charge is 0.142 e. The molecule has 0 spiro atoms. The van der Waals surface area contributed by atoms with E-state index in [1.165, 1.54) is 98.8 Å². The van der Waals surface area contributed by atoms with Crippen molar-refractivity contribution in [3.8, 4) is 16.8 Å². The molecule has 0 aliphatic heterocycles. The molecule has 3 aromatic heterocycles. The van der Waals surface area contributed by atoms with E-state index in [4.69, 9.17) is 4.42 Å². The molecule has 0 fully saturated rings. The lowest BCUT2D eigenvalue weighted by Crippen LogP contribution is -2.15. The van der Waals surface area contributed by atoms with Gasteiger partial charge in [0.05, 0.1) is 5.52 Å². The zero-order chi connectivity index (χ0) is 42.8. The van der Waals surface area contributed by atoms with E-state index < -0.39 is 0 Å². The third kappa shape index (κ3) is 6.55. The average molecular weight is 832 g/mol. The van der Waals surface area contributed by atoms with Gasteiger partial charge in [-0.1, -0.05) is 134 Å². The zero-order valence-electron chi connectivity index (χ0n) is 36.6. The van der Waals surface area contributed by atoms with Crippen molar-refractivity contribution >= 4 is 71.5 Å². The molecule has 3 heteroatoms. The van der Waals surface area contributed by atoms with Crippen LogP contribution >= 0.6 is 11.3 Å². The summed E-state index contributed by atoms with van der Waals surface area (Å²) in [5.41, 5.74) is 27.8. The number of hydrogen-bond acceptors (Lipinski definition) is 2. The van der Waals surface area contributed by atoms with E-state index in [1.54, 1.807) is 0 Å². The van der Waals surface area contributed by atoms with E-state index >= 15 is 0 Å². The molecule has 6 aromatic carbocycles. The molecule has 0 amide bonds. The van der Waals surface area contributed by atoms with Crippen LogP contribution in [-0.4, -0.2) is 4.57 Å². The molecule has 0 bridgehead atoms. The summed E-state index contributed by atoms with van der Waals surface area (Å²) in [5.74, 6) is 0. The summed E-state index contributed by atoms with van der Waals surface area (Å²) in [6.45, 7) is 11.2. The van der Waals surface area contributed by atoms with E-state index in [0.29, 0.717) is 0 Å². The fourth-order valence-corrected chi connectivity index (χ4v) is 11.4. The number of aryl methyl sites for hydroxylation is 2. The Bertz CT molecular complexity index is 3520. The number of allylic oxidation sites excluding steroid dienone is 7. The van der Waals surface area contributed by atoms with Gasteiger partial charge in [0, 0.05) is 59.9 Å². The first-order chi connectivity index (χ1) is 30.8. The molecule has 0 N–H and O–H groups in total. The maximum Gasteiger partial charge on any atom is 0.142 e. The third-order valence-electron chi connectivity index (χ3n) is 13.5. The first-order valence-corrected chi connectivity index (χ1v) is 23.2. The highest BCUT2D eigenvalue weighted by atomic mass is 32.1. The molecule has 12 rings (SSSR count). The van der Waals surface area contributed by atoms with Gasteiger partial charge in [0.2, 0.25) is 0 Å². The number of rotatable bonds is 6. The minimum absolute atomic E-state index is 0.0814. The maximum atomic E-state index is 6.50. The molecule has 306 valence electrons. The second-order valence-corrected chi connectivity index (χ2v) is 18.7. The lowest BCUT2D eigenvalue weighted by Gasteiger charge is -2.23. The molecule has 0 saturated carbocycles. The Kier molecular flexibility index (Phi) is 9.60. The SMILES string of the molecule is C/C=C\CCc1csc2c3c(ccc12)C(C)(C)c1cc(-n2c4c(c5cc(C)ccc52)C=C(c2cccc5c2oc2ccccc25)CC4)ccc1-3.CC1=C=C=C(c2ccccc2)C=C1. The fraction of sp³-hybridized carbons (Fsp3) is 0.167. The Labute approximate surface area is 373 Å². The summed E-state index contributed by atoms with van der Waals surface area (Å²) in [5, 5.41) is 7.51. The van der Waals surface area contributed by atoms with Crippen molar-refractivity contribution in [1.29, 1.82) is 0 Å². The molecule has 9 aromatic rings. The number of furan rings is 1. The van der Waals surface area contributed by atoms with Gasteiger partial charge in [-0.05, 0) is 145 Å². The van der Waals surface area contributed by atoms with E-state index in [-0.39, 0.29) is 5.41 Å². The van der Waals surface area contributed by atoms with Crippen LogP contribution in [-0.2, 0) is 18.3 Å². The molecule has 3 aliphatic carbocycles. The Morgan fingerprint density at radius 3 is 2.43 bits per heavy atom. The molecule has 3 heterocycles. The lowest BCUT2D eigenvalue weighted by molar-refractivity contribution is 0.660. The second kappa shape index (κ2) is 15.5. The van der Waals surface area contributed by atoms with Crippen LogP contribution in [0.15, 0.2) is 172 Å². The van der Waals surface area contributed by atoms with Crippen LogP contribution in [0.2, 0.25) is 0 Å². The van der Waals surface area contributed by atoms with Crippen LogP contribution in [0.1, 0.15) is 85.2 Å². The highest BCUT2D eigenvalue weighted by Crippen LogP contribution is 2.54. The van der Waals surface area contributed by atoms with E-state index in [2.05, 4.69) is 183 Å². The minimum atomic E-state index is -0.0814. The normalized spacial score (nSPS) is 14.8. The van der Waals surface area contributed by atoms with Crippen LogP contribution in [0.5, 0.6) is 0 Å². The average Bonchev–Trinajstić information content (AvgIpc) is 4.05. The van der Waals surface area contributed by atoms with E-state index in [0.717, 1.165) is 48.0 Å². The molecule has 0 saturated heterocycles. The summed E-state index contributed by atoms with van der Waals surface area (Å²) in [6, 6.07) is 44.3. The van der Waals surface area contributed by atoms with Gasteiger partial charge in [0.1, 0.15) is 11.2 Å². The highest BCUT2D eigenvalue weighted by molar-refractivity contribution is 7.18. The van der Waals surface area contributed by atoms with Crippen molar-refractivity contribution in [3.63, 3.8) is 0 Å². The zero-order valence-corrected chi connectivity index (χ0v) is 37.4. The molecular weight excluding hydrogens is 783 g/mol. The van der Waals surface area contributed by atoms with Gasteiger partial charge >= 0.3 is 0 Å². The monoisotopic (exact) mass is 831 g/mol. The predicted molar refractivity (Wildman–Crippen MR) is 269 cm³/mol. The molecule has 63 heavy (non-hydrogen) atoms. The number of hydrogen-bond donors (Lipinski definition) is 0. The van der Waals surface area contributed by atoms with Crippen LogP contribution in [0.25, 0.3) is 77.0 Å². The fourth-order valence-electron chi connectivity index (χ4n) is 10.2. The summed E-state index contributed by atoms with van der Waals surface area (Å²) >= 11 is 1.92.